The molecule has 0 radical (unpaired) electrons. The van der Waals surface area contributed by atoms with Crippen LogP contribution in [0.5, 0.6) is 0 Å². The van der Waals surface area contributed by atoms with Gasteiger partial charge in [-0.2, -0.15) is 8.42 Å². The Morgan fingerprint density at radius 2 is 2.12 bits per heavy atom. The number of anilines is 1. The zero-order chi connectivity index (χ0) is 11.1. The van der Waals surface area contributed by atoms with E-state index in [4.69, 9.17) is 5.73 Å². The smallest absolute Gasteiger partial charge is 0.286 e. The molecular formula is C9H12ClN3O2S. The average molecular weight is 262 g/mol. The number of nitrogens with one attached hydrogen (secondary N) is 1. The Morgan fingerprint density at radius 1 is 1.44 bits per heavy atom. The van der Waals surface area contributed by atoms with Crippen LogP contribution in [0, 0.1) is 0 Å². The molecule has 0 amide bonds. The van der Waals surface area contributed by atoms with Gasteiger partial charge in [0, 0.05) is 6.54 Å². The van der Waals surface area contributed by atoms with Gasteiger partial charge in [0.05, 0.1) is 5.69 Å². The van der Waals surface area contributed by atoms with Crippen molar-refractivity contribution in [2.45, 2.75) is 18.4 Å². The largest absolute Gasteiger partial charge is 0.342 e. The molecule has 0 saturated carbocycles. The third-order valence-electron chi connectivity index (χ3n) is 2.13. The fourth-order valence-electron chi connectivity index (χ4n) is 1.46. The highest BCUT2D eigenvalue weighted by atomic mass is 35.5. The van der Waals surface area contributed by atoms with E-state index in [1.165, 1.54) is 0 Å². The van der Waals surface area contributed by atoms with E-state index in [9.17, 15) is 8.42 Å². The first-order chi connectivity index (χ1) is 7.03. The normalized spacial score (nSPS) is 16.5. The van der Waals surface area contributed by atoms with Crippen molar-refractivity contribution in [2.75, 3.05) is 5.32 Å². The maximum Gasteiger partial charge on any atom is 0.286 e. The van der Waals surface area contributed by atoms with Gasteiger partial charge in [0.2, 0.25) is 0 Å². The second kappa shape index (κ2) is 4.40. The van der Waals surface area contributed by atoms with Crippen LogP contribution in [-0.4, -0.2) is 14.3 Å². The van der Waals surface area contributed by atoms with Crippen LogP contribution >= 0.6 is 12.4 Å². The Kier molecular flexibility index (Phi) is 3.57. The Labute approximate surface area is 100 Å². The molecule has 0 atom stereocenters. The van der Waals surface area contributed by atoms with E-state index in [1.54, 1.807) is 25.1 Å². The highest BCUT2D eigenvalue weighted by Crippen LogP contribution is 2.27. The first kappa shape index (κ1) is 13.0. The number of fused-ring (bicyclic) bond motifs is 1. The molecule has 0 unspecified atom stereocenters. The zero-order valence-electron chi connectivity index (χ0n) is 8.60. The summed E-state index contributed by atoms with van der Waals surface area (Å²) >= 11 is 0. The molecule has 1 heterocycles. The topological polar surface area (TPSA) is 84.5 Å². The molecular weight excluding hydrogens is 250 g/mol. The highest BCUT2D eigenvalue weighted by molar-refractivity contribution is 7.90. The number of rotatable bonds is 1. The molecule has 1 aliphatic heterocycles. The maximum atomic E-state index is 11.7. The van der Waals surface area contributed by atoms with Crippen LogP contribution in [0.1, 0.15) is 12.5 Å². The molecule has 1 aromatic rings. The highest BCUT2D eigenvalue weighted by Gasteiger charge is 2.23. The molecule has 0 aromatic heterocycles. The van der Waals surface area contributed by atoms with Crippen molar-refractivity contribution in [3.63, 3.8) is 0 Å². The van der Waals surface area contributed by atoms with Crippen LogP contribution in [0.2, 0.25) is 0 Å². The summed E-state index contributed by atoms with van der Waals surface area (Å²) < 4.78 is 26.9. The summed E-state index contributed by atoms with van der Waals surface area (Å²) in [5, 5.41) is 2.90. The van der Waals surface area contributed by atoms with E-state index >= 15 is 0 Å². The van der Waals surface area contributed by atoms with Gasteiger partial charge in [0.25, 0.3) is 10.0 Å². The van der Waals surface area contributed by atoms with Gasteiger partial charge in [-0.1, -0.05) is 6.07 Å². The minimum atomic E-state index is -3.55. The minimum absolute atomic E-state index is 0. The molecule has 1 aliphatic rings. The SMILES string of the molecule is CC1=NS(=O)(=O)c2cc(CN)ccc2N1.Cl. The van der Waals surface area contributed by atoms with E-state index < -0.39 is 10.0 Å². The van der Waals surface area contributed by atoms with Crippen molar-refractivity contribution < 1.29 is 8.42 Å². The van der Waals surface area contributed by atoms with Crippen LogP contribution in [0.3, 0.4) is 0 Å². The lowest BCUT2D eigenvalue weighted by Crippen LogP contribution is -2.18. The lowest BCUT2D eigenvalue weighted by Gasteiger charge is -2.16. The number of halogens is 1. The molecule has 0 saturated heterocycles. The number of nitrogens with zero attached hydrogens (tertiary/aromatic N) is 1. The molecule has 88 valence electrons. The average Bonchev–Trinajstić information content (AvgIpc) is 2.16. The van der Waals surface area contributed by atoms with Gasteiger partial charge in [-0.3, -0.25) is 0 Å². The summed E-state index contributed by atoms with van der Waals surface area (Å²) in [5.41, 5.74) is 6.78. The summed E-state index contributed by atoms with van der Waals surface area (Å²) in [4.78, 5) is 0.191. The predicted octanol–water partition coefficient (Wildman–Crippen LogP) is 1.10. The van der Waals surface area contributed by atoms with Crippen molar-refractivity contribution >= 4 is 34.0 Å². The van der Waals surface area contributed by atoms with E-state index in [2.05, 4.69) is 9.71 Å². The lowest BCUT2D eigenvalue weighted by atomic mass is 10.2. The van der Waals surface area contributed by atoms with Crippen molar-refractivity contribution in [3.8, 4) is 0 Å². The Bertz CT molecular complexity index is 540. The summed E-state index contributed by atoms with van der Waals surface area (Å²) in [6, 6.07) is 5.04. The predicted molar refractivity (Wildman–Crippen MR) is 65.5 cm³/mol. The first-order valence-electron chi connectivity index (χ1n) is 4.44. The second-order valence-corrected chi connectivity index (χ2v) is 4.88. The van der Waals surface area contributed by atoms with Crippen LogP contribution < -0.4 is 11.1 Å². The van der Waals surface area contributed by atoms with Gasteiger partial charge >= 0.3 is 0 Å². The monoisotopic (exact) mass is 261 g/mol. The fraction of sp³-hybridized carbons (Fsp3) is 0.222. The minimum Gasteiger partial charge on any atom is -0.342 e. The first-order valence-corrected chi connectivity index (χ1v) is 5.88. The molecule has 0 fully saturated rings. The Morgan fingerprint density at radius 3 is 2.75 bits per heavy atom. The van der Waals surface area contributed by atoms with Crippen molar-refractivity contribution in [2.24, 2.45) is 10.1 Å². The number of sulfonamides is 1. The fourth-order valence-corrected chi connectivity index (χ4v) is 2.66. The molecule has 5 nitrogen and oxygen atoms in total. The second-order valence-electron chi connectivity index (χ2n) is 3.31. The Hall–Kier alpha value is -1.11. The van der Waals surface area contributed by atoms with Gasteiger partial charge in [-0.25, -0.2) is 0 Å². The molecule has 7 heteroatoms. The number of amidine groups is 1. The van der Waals surface area contributed by atoms with Crippen LogP contribution in [0.25, 0.3) is 0 Å². The third kappa shape index (κ3) is 2.18. The van der Waals surface area contributed by atoms with E-state index in [0.29, 0.717) is 18.1 Å². The molecule has 3 N–H and O–H groups in total. The number of benzene rings is 1. The molecule has 0 spiro atoms. The van der Waals surface area contributed by atoms with Gasteiger partial charge in [-0.15, -0.1) is 16.8 Å². The molecule has 16 heavy (non-hydrogen) atoms. The van der Waals surface area contributed by atoms with Crippen molar-refractivity contribution in [3.05, 3.63) is 23.8 Å². The van der Waals surface area contributed by atoms with E-state index in [-0.39, 0.29) is 17.3 Å². The quantitative estimate of drug-likeness (QED) is 0.793. The third-order valence-corrected chi connectivity index (χ3v) is 3.54. The molecule has 2 rings (SSSR count). The molecule has 1 aromatic carbocycles. The Balaban J connectivity index is 0.00000128. The number of nitrogens with two attached hydrogens (primary N) is 1. The lowest BCUT2D eigenvalue weighted by molar-refractivity contribution is 0.597. The zero-order valence-corrected chi connectivity index (χ0v) is 10.2. The van der Waals surface area contributed by atoms with Crippen LogP contribution in [0.15, 0.2) is 27.5 Å². The van der Waals surface area contributed by atoms with Gasteiger partial charge in [0.1, 0.15) is 10.7 Å². The van der Waals surface area contributed by atoms with Gasteiger partial charge < -0.3 is 11.1 Å². The van der Waals surface area contributed by atoms with E-state index in [0.717, 1.165) is 5.56 Å². The van der Waals surface area contributed by atoms with Crippen LogP contribution in [-0.2, 0) is 16.6 Å². The van der Waals surface area contributed by atoms with Crippen LogP contribution in [0.4, 0.5) is 5.69 Å². The summed E-state index contributed by atoms with van der Waals surface area (Å²) in [6.07, 6.45) is 0. The maximum absolute atomic E-state index is 11.7. The standard InChI is InChI=1S/C9H11N3O2S.ClH/c1-6-11-8-3-2-7(5-10)4-9(8)15(13,14)12-6;/h2-4H,5,10H2,1H3,(H,11,12);1H. The van der Waals surface area contributed by atoms with E-state index in [1.807, 2.05) is 0 Å². The number of hydrogen-bond acceptors (Lipinski definition) is 4. The summed E-state index contributed by atoms with van der Waals surface area (Å²) in [7, 11) is -3.55. The van der Waals surface area contributed by atoms with Gasteiger partial charge in [-0.05, 0) is 24.6 Å². The van der Waals surface area contributed by atoms with Crippen molar-refractivity contribution in [1.82, 2.24) is 0 Å². The number of hydrogen-bond donors (Lipinski definition) is 2. The van der Waals surface area contributed by atoms with Crippen molar-refractivity contribution in [1.29, 1.82) is 0 Å². The molecule has 0 bridgehead atoms. The van der Waals surface area contributed by atoms with Gasteiger partial charge in [0.15, 0.2) is 0 Å². The summed E-state index contributed by atoms with van der Waals surface area (Å²) in [5.74, 6) is 0.378. The molecule has 0 aliphatic carbocycles. The summed E-state index contributed by atoms with van der Waals surface area (Å²) in [6.45, 7) is 1.92.